The van der Waals surface area contributed by atoms with Crippen molar-refractivity contribution in [3.05, 3.63) is 45.0 Å². The molecule has 0 saturated carbocycles. The van der Waals surface area contributed by atoms with E-state index in [0.717, 1.165) is 32.4 Å². The number of benzene rings is 1. The molecule has 0 radical (unpaired) electrons. The van der Waals surface area contributed by atoms with Crippen molar-refractivity contribution in [2.75, 3.05) is 18.4 Å². The SMILES string of the molecule is O=C(Nc1n[nH]c(C(=O)N2CCCCC2)c1Br)c1ccccc1Cl. The lowest BCUT2D eigenvalue weighted by molar-refractivity contribution is 0.0717. The third kappa shape index (κ3) is 3.47. The highest BCUT2D eigenvalue weighted by Crippen LogP contribution is 2.27. The summed E-state index contributed by atoms with van der Waals surface area (Å²) in [7, 11) is 0. The summed E-state index contributed by atoms with van der Waals surface area (Å²) in [5.74, 6) is -0.239. The molecule has 6 nitrogen and oxygen atoms in total. The first-order chi connectivity index (χ1) is 11.6. The molecule has 126 valence electrons. The number of rotatable bonds is 3. The predicted octanol–water partition coefficient (Wildman–Crippen LogP) is 3.70. The molecule has 1 aromatic carbocycles. The van der Waals surface area contributed by atoms with E-state index in [1.165, 1.54) is 0 Å². The predicted molar refractivity (Wildman–Crippen MR) is 95.4 cm³/mol. The lowest BCUT2D eigenvalue weighted by atomic mass is 10.1. The van der Waals surface area contributed by atoms with E-state index in [1.807, 2.05) is 0 Å². The fourth-order valence-electron chi connectivity index (χ4n) is 2.63. The summed E-state index contributed by atoms with van der Waals surface area (Å²) in [4.78, 5) is 26.6. The number of carbonyl (C=O) groups is 2. The average molecular weight is 412 g/mol. The number of hydrogen-bond donors (Lipinski definition) is 2. The van der Waals surface area contributed by atoms with Gasteiger partial charge in [-0.2, -0.15) is 5.10 Å². The molecule has 24 heavy (non-hydrogen) atoms. The molecule has 0 spiro atoms. The fraction of sp³-hybridized carbons (Fsp3) is 0.312. The van der Waals surface area contributed by atoms with Crippen molar-refractivity contribution < 1.29 is 9.59 Å². The molecule has 0 unspecified atom stereocenters. The minimum Gasteiger partial charge on any atom is -0.337 e. The molecule has 2 amide bonds. The highest BCUT2D eigenvalue weighted by atomic mass is 79.9. The first-order valence-corrected chi connectivity index (χ1v) is 8.84. The molecule has 8 heteroatoms. The lowest BCUT2D eigenvalue weighted by Crippen LogP contribution is -2.36. The van der Waals surface area contributed by atoms with Crippen molar-refractivity contribution in [2.45, 2.75) is 19.3 Å². The summed E-state index contributed by atoms with van der Waals surface area (Å²) in [5.41, 5.74) is 0.685. The van der Waals surface area contributed by atoms with Gasteiger partial charge in [0.15, 0.2) is 5.82 Å². The van der Waals surface area contributed by atoms with Gasteiger partial charge in [0.2, 0.25) is 0 Å². The molecule has 0 atom stereocenters. The van der Waals surface area contributed by atoms with Gasteiger partial charge in [-0.1, -0.05) is 23.7 Å². The van der Waals surface area contributed by atoms with Gasteiger partial charge in [-0.15, -0.1) is 0 Å². The Hall–Kier alpha value is -1.86. The molecular weight excluding hydrogens is 396 g/mol. The average Bonchev–Trinajstić information content (AvgIpc) is 2.96. The molecule has 2 N–H and O–H groups in total. The van der Waals surface area contributed by atoms with Crippen LogP contribution in [0.5, 0.6) is 0 Å². The van der Waals surface area contributed by atoms with Crippen molar-refractivity contribution in [1.82, 2.24) is 15.1 Å². The van der Waals surface area contributed by atoms with Gasteiger partial charge in [-0.25, -0.2) is 0 Å². The minimum atomic E-state index is -0.384. The van der Waals surface area contributed by atoms with Crippen LogP contribution in [-0.4, -0.2) is 40.0 Å². The van der Waals surface area contributed by atoms with Crippen LogP contribution in [0.2, 0.25) is 5.02 Å². The highest BCUT2D eigenvalue weighted by Gasteiger charge is 2.25. The number of nitrogens with zero attached hydrogens (tertiary/aromatic N) is 2. The van der Waals surface area contributed by atoms with Gasteiger partial charge in [-0.3, -0.25) is 14.7 Å². The normalized spacial score (nSPS) is 14.5. The van der Waals surface area contributed by atoms with Gasteiger partial charge in [0.25, 0.3) is 11.8 Å². The lowest BCUT2D eigenvalue weighted by Gasteiger charge is -2.26. The number of anilines is 1. The number of amides is 2. The standard InChI is InChI=1S/C16H16BrClN4O2/c17-12-13(16(24)22-8-4-1-5-9-22)20-21-14(12)19-15(23)10-6-2-3-7-11(10)18/h2-3,6-7H,1,4-5,8-9H2,(H2,19,20,21,23). The molecule has 1 saturated heterocycles. The summed E-state index contributed by atoms with van der Waals surface area (Å²) in [6.45, 7) is 1.48. The van der Waals surface area contributed by atoms with Crippen LogP contribution >= 0.6 is 27.5 Å². The second-order valence-corrected chi connectivity index (χ2v) is 6.75. The fourth-order valence-corrected chi connectivity index (χ4v) is 3.30. The summed E-state index contributed by atoms with van der Waals surface area (Å²) in [5, 5.41) is 9.75. The third-order valence-electron chi connectivity index (χ3n) is 3.91. The maximum absolute atomic E-state index is 12.5. The molecule has 0 bridgehead atoms. The van der Waals surface area contributed by atoms with Crippen molar-refractivity contribution in [1.29, 1.82) is 0 Å². The van der Waals surface area contributed by atoms with E-state index in [1.54, 1.807) is 29.2 Å². The largest absolute Gasteiger partial charge is 0.337 e. The highest BCUT2D eigenvalue weighted by molar-refractivity contribution is 9.10. The second kappa shape index (κ2) is 7.36. The Morgan fingerprint density at radius 1 is 1.21 bits per heavy atom. The Morgan fingerprint density at radius 3 is 2.62 bits per heavy atom. The second-order valence-electron chi connectivity index (χ2n) is 5.55. The quantitative estimate of drug-likeness (QED) is 0.808. The topological polar surface area (TPSA) is 78.1 Å². The number of nitrogens with one attached hydrogen (secondary N) is 2. The Balaban J connectivity index is 1.76. The minimum absolute atomic E-state index is 0.118. The van der Waals surface area contributed by atoms with E-state index >= 15 is 0 Å². The number of aromatic amines is 1. The summed E-state index contributed by atoms with van der Waals surface area (Å²) in [6, 6.07) is 6.74. The van der Waals surface area contributed by atoms with Crippen LogP contribution in [0.1, 0.15) is 40.1 Å². The maximum Gasteiger partial charge on any atom is 0.273 e. The Kier molecular flexibility index (Phi) is 5.20. The van der Waals surface area contributed by atoms with E-state index in [0.29, 0.717) is 20.8 Å². The van der Waals surface area contributed by atoms with Gasteiger partial charge < -0.3 is 10.2 Å². The molecule has 3 rings (SSSR count). The summed E-state index contributed by atoms with van der Waals surface area (Å²) >= 11 is 9.37. The van der Waals surface area contributed by atoms with Crippen molar-refractivity contribution >= 4 is 45.2 Å². The van der Waals surface area contributed by atoms with Crippen LogP contribution in [0.3, 0.4) is 0 Å². The molecule has 2 aromatic rings. The van der Waals surface area contributed by atoms with Crippen molar-refractivity contribution in [3.8, 4) is 0 Å². The third-order valence-corrected chi connectivity index (χ3v) is 5.02. The van der Waals surface area contributed by atoms with Crippen LogP contribution in [0.4, 0.5) is 5.82 Å². The number of likely N-dealkylation sites (tertiary alicyclic amines) is 1. The molecule has 2 heterocycles. The van der Waals surface area contributed by atoms with E-state index in [4.69, 9.17) is 11.6 Å². The monoisotopic (exact) mass is 410 g/mol. The smallest absolute Gasteiger partial charge is 0.273 e. The van der Waals surface area contributed by atoms with Gasteiger partial charge >= 0.3 is 0 Å². The molecule has 1 aliphatic heterocycles. The van der Waals surface area contributed by atoms with E-state index in [9.17, 15) is 9.59 Å². The number of H-pyrrole nitrogens is 1. The van der Waals surface area contributed by atoms with Gasteiger partial charge in [0.05, 0.1) is 15.1 Å². The summed E-state index contributed by atoms with van der Waals surface area (Å²) < 4.78 is 0.443. The molecule has 1 fully saturated rings. The number of hydrogen-bond acceptors (Lipinski definition) is 3. The van der Waals surface area contributed by atoms with Crippen molar-refractivity contribution in [2.24, 2.45) is 0 Å². The van der Waals surface area contributed by atoms with E-state index < -0.39 is 0 Å². The van der Waals surface area contributed by atoms with E-state index in [2.05, 4.69) is 31.4 Å². The van der Waals surface area contributed by atoms with Gasteiger partial charge in [0, 0.05) is 13.1 Å². The van der Waals surface area contributed by atoms with Crippen LogP contribution < -0.4 is 5.32 Å². The molecule has 1 aromatic heterocycles. The Morgan fingerprint density at radius 2 is 1.92 bits per heavy atom. The van der Waals surface area contributed by atoms with Gasteiger partial charge in [0.1, 0.15) is 5.69 Å². The van der Waals surface area contributed by atoms with Crippen LogP contribution in [0.25, 0.3) is 0 Å². The molecular formula is C16H16BrClN4O2. The van der Waals surface area contributed by atoms with Crippen LogP contribution in [0, 0.1) is 0 Å². The van der Waals surface area contributed by atoms with Crippen molar-refractivity contribution in [3.63, 3.8) is 0 Å². The number of aromatic nitrogens is 2. The first kappa shape index (κ1) is 17.0. The van der Waals surface area contributed by atoms with Gasteiger partial charge in [-0.05, 0) is 47.3 Å². The van der Waals surface area contributed by atoms with E-state index in [-0.39, 0.29) is 17.6 Å². The Bertz CT molecular complexity index is 771. The van der Waals surface area contributed by atoms with Crippen LogP contribution in [-0.2, 0) is 0 Å². The zero-order valence-electron chi connectivity index (χ0n) is 12.8. The number of halogens is 2. The molecule has 1 aliphatic rings. The Labute approximate surface area is 152 Å². The number of carbonyl (C=O) groups excluding carboxylic acids is 2. The molecule has 0 aliphatic carbocycles. The maximum atomic E-state index is 12.5. The number of piperidine rings is 1. The zero-order valence-corrected chi connectivity index (χ0v) is 15.2. The zero-order chi connectivity index (χ0) is 17.1. The first-order valence-electron chi connectivity index (χ1n) is 7.67. The van der Waals surface area contributed by atoms with Crippen LogP contribution in [0.15, 0.2) is 28.7 Å². The summed E-state index contributed by atoms with van der Waals surface area (Å²) in [6.07, 6.45) is 3.16.